The molecule has 47 heavy (non-hydrogen) atoms. The lowest BCUT2D eigenvalue weighted by Crippen LogP contribution is -1.99. The van der Waals surface area contributed by atoms with E-state index in [1.165, 1.54) is 21.5 Å². The number of rotatable bonds is 3. The normalized spacial score (nSPS) is 11.8. The highest BCUT2D eigenvalue weighted by atomic mass is 16.3. The Balaban J connectivity index is 1.30. The molecule has 0 atom stereocenters. The van der Waals surface area contributed by atoms with Crippen molar-refractivity contribution >= 4 is 65.6 Å². The van der Waals surface area contributed by atoms with Gasteiger partial charge in [-0.1, -0.05) is 91.0 Å². The highest BCUT2D eigenvalue weighted by Crippen LogP contribution is 2.43. The summed E-state index contributed by atoms with van der Waals surface area (Å²) in [6.07, 6.45) is 0. The van der Waals surface area contributed by atoms with Gasteiger partial charge in [0.2, 0.25) is 0 Å². The Morgan fingerprint density at radius 1 is 0.489 bits per heavy atom. The molecule has 0 saturated heterocycles. The molecule has 0 aliphatic heterocycles. The molecule has 3 aromatic heterocycles. The highest BCUT2D eigenvalue weighted by molar-refractivity contribution is 6.24. The first kappa shape index (κ1) is 25.7. The van der Waals surface area contributed by atoms with Crippen LogP contribution in [-0.2, 0) is 0 Å². The van der Waals surface area contributed by atoms with E-state index in [1.807, 2.05) is 24.3 Å². The summed E-state index contributed by atoms with van der Waals surface area (Å²) in [6.45, 7) is 0. The van der Waals surface area contributed by atoms with Crippen LogP contribution in [-0.4, -0.2) is 9.13 Å². The summed E-state index contributed by atoms with van der Waals surface area (Å²) in [4.78, 5) is 0. The van der Waals surface area contributed by atoms with Crippen molar-refractivity contribution in [1.29, 1.82) is 5.26 Å². The molecule has 10 aromatic rings. The van der Waals surface area contributed by atoms with Crippen LogP contribution in [0, 0.1) is 11.3 Å². The molecule has 0 amide bonds. The molecule has 0 N–H and O–H groups in total. The van der Waals surface area contributed by atoms with E-state index < -0.39 is 0 Å². The molecule has 3 heterocycles. The summed E-state index contributed by atoms with van der Waals surface area (Å²) < 4.78 is 11.0. The van der Waals surface area contributed by atoms with Crippen molar-refractivity contribution in [3.05, 3.63) is 157 Å². The number of hydrogen-bond donors (Lipinski definition) is 0. The van der Waals surface area contributed by atoms with Gasteiger partial charge in [0.1, 0.15) is 11.2 Å². The number of nitrogens with zero attached hydrogens (tertiary/aromatic N) is 3. The van der Waals surface area contributed by atoms with Crippen LogP contribution in [0.25, 0.3) is 88.1 Å². The van der Waals surface area contributed by atoms with E-state index in [1.54, 1.807) is 0 Å². The van der Waals surface area contributed by atoms with E-state index in [0.717, 1.165) is 66.5 Å². The third-order valence-corrected chi connectivity index (χ3v) is 9.52. The largest absolute Gasteiger partial charge is 0.456 e. The predicted molar refractivity (Wildman–Crippen MR) is 193 cm³/mol. The minimum absolute atomic E-state index is 0.611. The van der Waals surface area contributed by atoms with Gasteiger partial charge in [0.05, 0.1) is 44.8 Å². The number of benzene rings is 7. The van der Waals surface area contributed by atoms with Crippen LogP contribution >= 0.6 is 0 Å². The molecule has 218 valence electrons. The molecule has 0 aliphatic carbocycles. The van der Waals surface area contributed by atoms with Crippen molar-refractivity contribution in [1.82, 2.24) is 9.13 Å². The Morgan fingerprint density at radius 2 is 1.09 bits per heavy atom. The molecule has 4 heteroatoms. The van der Waals surface area contributed by atoms with Crippen LogP contribution in [0.3, 0.4) is 0 Å². The molecule has 0 unspecified atom stereocenters. The van der Waals surface area contributed by atoms with Crippen LogP contribution in [0.1, 0.15) is 5.56 Å². The fourth-order valence-corrected chi connectivity index (χ4v) is 7.59. The first-order valence-corrected chi connectivity index (χ1v) is 15.8. The van der Waals surface area contributed by atoms with E-state index in [4.69, 9.17) is 4.42 Å². The average molecular weight is 600 g/mol. The van der Waals surface area contributed by atoms with Gasteiger partial charge in [0, 0.05) is 38.2 Å². The highest BCUT2D eigenvalue weighted by Gasteiger charge is 2.21. The van der Waals surface area contributed by atoms with Crippen molar-refractivity contribution < 1.29 is 4.42 Å². The average Bonchev–Trinajstić information content (AvgIpc) is 3.79. The molecule has 0 radical (unpaired) electrons. The molecule has 0 spiro atoms. The molecule has 0 saturated carbocycles. The number of para-hydroxylation sites is 5. The number of nitriles is 1. The Labute approximate surface area is 269 Å². The summed E-state index contributed by atoms with van der Waals surface area (Å²) in [5.74, 6) is 0. The summed E-state index contributed by atoms with van der Waals surface area (Å²) in [5, 5.41) is 17.2. The quantitative estimate of drug-likeness (QED) is 0.203. The standard InChI is InChI=1S/C43H25N3O/c44-26-27-23-28(25-29(24-27)45-37-17-7-2-12-31(37)32-13-3-8-18-38(32)45)30-11-1-6-16-36(30)46-39-19-9-4-14-33(39)34-21-22-41-42(43(34)46)35-15-5-10-20-40(35)47-41/h1-25H. The summed E-state index contributed by atoms with van der Waals surface area (Å²) in [7, 11) is 0. The SMILES string of the molecule is N#Cc1cc(-c2ccccc2-n2c3ccccc3c3ccc4oc5ccccc5c4c32)cc(-n2c3ccccc3c3ccccc32)c1. The second-order valence-electron chi connectivity index (χ2n) is 12.1. The van der Waals surface area contributed by atoms with Gasteiger partial charge in [-0.3, -0.25) is 0 Å². The maximum absolute atomic E-state index is 10.3. The Hall–Kier alpha value is -6.57. The van der Waals surface area contributed by atoms with Crippen molar-refractivity contribution in [3.63, 3.8) is 0 Å². The van der Waals surface area contributed by atoms with Gasteiger partial charge >= 0.3 is 0 Å². The molecule has 0 aliphatic rings. The van der Waals surface area contributed by atoms with Crippen LogP contribution < -0.4 is 0 Å². The van der Waals surface area contributed by atoms with Gasteiger partial charge in [-0.25, -0.2) is 0 Å². The zero-order valence-electron chi connectivity index (χ0n) is 25.2. The number of aromatic nitrogens is 2. The molecular formula is C43H25N3O. The Morgan fingerprint density at radius 3 is 1.81 bits per heavy atom. The second kappa shape index (κ2) is 9.71. The number of fused-ring (bicyclic) bond motifs is 10. The third kappa shape index (κ3) is 3.63. The van der Waals surface area contributed by atoms with Gasteiger partial charge in [-0.05, 0) is 66.2 Å². The summed E-state index contributed by atoms with van der Waals surface area (Å²) >= 11 is 0. The monoisotopic (exact) mass is 599 g/mol. The molecular weight excluding hydrogens is 574 g/mol. The molecule has 0 fully saturated rings. The molecule has 4 nitrogen and oxygen atoms in total. The van der Waals surface area contributed by atoms with Gasteiger partial charge in [0.25, 0.3) is 0 Å². The minimum atomic E-state index is 0.611. The molecule has 0 bridgehead atoms. The van der Waals surface area contributed by atoms with E-state index in [9.17, 15) is 5.26 Å². The lowest BCUT2D eigenvalue weighted by Gasteiger charge is -2.16. The van der Waals surface area contributed by atoms with Gasteiger partial charge in [0.15, 0.2) is 0 Å². The van der Waals surface area contributed by atoms with Gasteiger partial charge < -0.3 is 13.6 Å². The zero-order valence-corrected chi connectivity index (χ0v) is 25.2. The van der Waals surface area contributed by atoms with Gasteiger partial charge in [-0.15, -0.1) is 0 Å². The lowest BCUT2D eigenvalue weighted by molar-refractivity contribution is 0.669. The van der Waals surface area contributed by atoms with Crippen molar-refractivity contribution in [2.24, 2.45) is 0 Å². The van der Waals surface area contributed by atoms with E-state index in [0.29, 0.717) is 5.56 Å². The minimum Gasteiger partial charge on any atom is -0.456 e. The lowest BCUT2D eigenvalue weighted by atomic mass is 10.00. The second-order valence-corrected chi connectivity index (χ2v) is 12.1. The Kier molecular flexibility index (Phi) is 5.32. The maximum Gasteiger partial charge on any atom is 0.137 e. The first-order chi connectivity index (χ1) is 23.3. The smallest absolute Gasteiger partial charge is 0.137 e. The third-order valence-electron chi connectivity index (χ3n) is 9.52. The zero-order chi connectivity index (χ0) is 31.1. The van der Waals surface area contributed by atoms with Crippen LogP contribution in [0.2, 0.25) is 0 Å². The fourth-order valence-electron chi connectivity index (χ4n) is 7.59. The van der Waals surface area contributed by atoms with E-state index in [-0.39, 0.29) is 0 Å². The summed E-state index contributed by atoms with van der Waals surface area (Å²) in [5.41, 5.74) is 10.8. The topological polar surface area (TPSA) is 46.8 Å². The van der Waals surface area contributed by atoms with Gasteiger partial charge in [-0.2, -0.15) is 5.26 Å². The molecule has 7 aromatic carbocycles. The van der Waals surface area contributed by atoms with Crippen molar-refractivity contribution in [3.8, 4) is 28.6 Å². The van der Waals surface area contributed by atoms with E-state index in [2.05, 4.69) is 143 Å². The molecule has 10 rings (SSSR count). The van der Waals surface area contributed by atoms with E-state index >= 15 is 0 Å². The maximum atomic E-state index is 10.3. The number of hydrogen-bond acceptors (Lipinski definition) is 2. The number of furan rings is 1. The summed E-state index contributed by atoms with van der Waals surface area (Å²) in [6, 6.07) is 55.3. The van der Waals surface area contributed by atoms with Crippen molar-refractivity contribution in [2.45, 2.75) is 0 Å². The van der Waals surface area contributed by atoms with Crippen LogP contribution in [0.5, 0.6) is 0 Å². The van der Waals surface area contributed by atoms with Crippen LogP contribution in [0.4, 0.5) is 0 Å². The Bertz CT molecular complexity index is 2880. The predicted octanol–water partition coefficient (Wildman–Crippen LogP) is 11.3. The van der Waals surface area contributed by atoms with Crippen molar-refractivity contribution in [2.75, 3.05) is 0 Å². The fraction of sp³-hybridized carbons (Fsp3) is 0. The first-order valence-electron chi connectivity index (χ1n) is 15.8. The van der Waals surface area contributed by atoms with Crippen LogP contribution in [0.15, 0.2) is 156 Å².